The van der Waals surface area contributed by atoms with Gasteiger partial charge >= 0.3 is 12.1 Å². The van der Waals surface area contributed by atoms with E-state index in [9.17, 15) is 9.59 Å². The van der Waals surface area contributed by atoms with E-state index in [0.29, 0.717) is 41.6 Å². The molecular formula is C27H30ClN3O6. The molecule has 3 heterocycles. The zero-order chi connectivity index (χ0) is 26.5. The number of rotatable bonds is 6. The fourth-order valence-corrected chi connectivity index (χ4v) is 5.02. The highest BCUT2D eigenvalue weighted by Gasteiger charge is 2.65. The average Bonchev–Trinajstić information content (AvgIpc) is 3.21. The summed E-state index contributed by atoms with van der Waals surface area (Å²) < 4.78 is 23.3. The molecule has 1 saturated heterocycles. The van der Waals surface area contributed by atoms with Crippen molar-refractivity contribution in [1.29, 1.82) is 0 Å². The monoisotopic (exact) mass is 527 g/mol. The number of aromatic nitrogens is 1. The number of carbonyl (C=O) groups excluding carboxylic acids is 2. The molecule has 1 aromatic heterocycles. The number of benzene rings is 1. The first kappa shape index (κ1) is 25.3. The van der Waals surface area contributed by atoms with E-state index in [1.54, 1.807) is 39.0 Å². The van der Waals surface area contributed by atoms with Crippen LogP contribution in [0.1, 0.15) is 40.5 Å². The molecule has 0 unspecified atom stereocenters. The molecule has 1 aromatic carbocycles. The number of fused-ring (bicyclic) bond motifs is 1. The van der Waals surface area contributed by atoms with E-state index in [-0.39, 0.29) is 18.4 Å². The van der Waals surface area contributed by atoms with Crippen molar-refractivity contribution < 1.29 is 28.5 Å². The minimum atomic E-state index is -0.917. The molecule has 5 rings (SSSR count). The summed E-state index contributed by atoms with van der Waals surface area (Å²) in [5.74, 6) is 0.658. The summed E-state index contributed by atoms with van der Waals surface area (Å²) in [5.41, 5.74) is -1.06. The van der Waals surface area contributed by atoms with Crippen LogP contribution in [0.15, 0.2) is 41.9 Å². The molecule has 1 amide bonds. The van der Waals surface area contributed by atoms with Crippen LogP contribution in [0.25, 0.3) is 10.9 Å². The quantitative estimate of drug-likeness (QED) is 0.387. The molecule has 1 saturated carbocycles. The highest BCUT2D eigenvalue weighted by atomic mass is 35.5. The van der Waals surface area contributed by atoms with E-state index < -0.39 is 35.3 Å². The van der Waals surface area contributed by atoms with E-state index in [4.69, 9.17) is 30.5 Å². The van der Waals surface area contributed by atoms with Gasteiger partial charge in [0.05, 0.1) is 23.7 Å². The fourth-order valence-electron chi connectivity index (χ4n) is 4.81. The lowest BCUT2D eigenvalue weighted by Crippen LogP contribution is -2.44. The second kappa shape index (κ2) is 9.20. The topological polar surface area (TPSA) is 99.6 Å². The van der Waals surface area contributed by atoms with Crippen LogP contribution in [-0.2, 0) is 14.3 Å². The molecule has 0 bridgehead atoms. The fraction of sp³-hybridized carbons (Fsp3) is 0.481. The van der Waals surface area contributed by atoms with Gasteiger partial charge in [0.25, 0.3) is 0 Å². The Hall–Kier alpha value is -3.33. The van der Waals surface area contributed by atoms with Gasteiger partial charge in [-0.15, -0.1) is 6.58 Å². The van der Waals surface area contributed by atoms with E-state index in [1.807, 2.05) is 19.1 Å². The molecule has 1 aliphatic carbocycles. The van der Waals surface area contributed by atoms with Gasteiger partial charge in [0.15, 0.2) is 5.54 Å². The smallest absolute Gasteiger partial charge is 0.411 e. The predicted molar refractivity (Wildman–Crippen MR) is 138 cm³/mol. The highest BCUT2D eigenvalue weighted by Crippen LogP contribution is 2.52. The molecule has 37 heavy (non-hydrogen) atoms. The Kier molecular flexibility index (Phi) is 6.30. The van der Waals surface area contributed by atoms with Gasteiger partial charge in [-0.3, -0.25) is 4.90 Å². The number of halogens is 1. The van der Waals surface area contributed by atoms with E-state index in [2.05, 4.69) is 16.6 Å². The number of aliphatic imine (C=N–C) groups is 1. The standard InChI is InChI=1S/C27H30ClN3O6/c1-6-15-13-27(15)24(32)36-23(30-27)19-11-16(14-31(19)25(33)37-26(3,4)5)35-20-12-21(34-7-2)29-22-17(20)9-8-10-18(22)28/h6,8-10,12,15-16,19H,1,7,11,13-14H2,2-5H3/t15-,16+,19-,27+/m0/s1. The second-order valence-corrected chi connectivity index (χ2v) is 10.9. The number of likely N-dealkylation sites (tertiary alicyclic amines) is 1. The third-order valence-corrected chi connectivity index (χ3v) is 6.92. The molecule has 10 heteroatoms. The van der Waals surface area contributed by atoms with Crippen LogP contribution < -0.4 is 9.47 Å². The van der Waals surface area contributed by atoms with Gasteiger partial charge in [0, 0.05) is 23.8 Å². The molecule has 2 fully saturated rings. The van der Waals surface area contributed by atoms with Gasteiger partial charge in [-0.1, -0.05) is 23.7 Å². The van der Waals surface area contributed by atoms with Gasteiger partial charge in [-0.05, 0) is 46.2 Å². The van der Waals surface area contributed by atoms with Crippen LogP contribution in [0.3, 0.4) is 0 Å². The minimum absolute atomic E-state index is 0.0640. The van der Waals surface area contributed by atoms with Gasteiger partial charge < -0.3 is 18.9 Å². The van der Waals surface area contributed by atoms with E-state index in [0.717, 1.165) is 5.39 Å². The lowest BCUT2D eigenvalue weighted by Gasteiger charge is -2.27. The summed E-state index contributed by atoms with van der Waals surface area (Å²) in [7, 11) is 0. The van der Waals surface area contributed by atoms with E-state index in [1.165, 1.54) is 4.90 Å². The number of pyridine rings is 1. The minimum Gasteiger partial charge on any atom is -0.488 e. The van der Waals surface area contributed by atoms with Crippen LogP contribution >= 0.6 is 11.6 Å². The third-order valence-electron chi connectivity index (χ3n) is 6.62. The van der Waals surface area contributed by atoms with Crippen LogP contribution in [0, 0.1) is 5.92 Å². The molecule has 3 aliphatic rings. The zero-order valence-electron chi connectivity index (χ0n) is 21.3. The lowest BCUT2D eigenvalue weighted by molar-refractivity contribution is -0.136. The molecule has 9 nitrogen and oxygen atoms in total. The Labute approximate surface area is 220 Å². The van der Waals surface area contributed by atoms with Crippen molar-refractivity contribution in [2.24, 2.45) is 10.9 Å². The maximum Gasteiger partial charge on any atom is 0.411 e. The van der Waals surface area contributed by atoms with Gasteiger partial charge in [0.1, 0.15) is 23.5 Å². The normalized spacial score (nSPS) is 26.7. The number of ether oxygens (including phenoxy) is 4. The second-order valence-electron chi connectivity index (χ2n) is 10.5. The summed E-state index contributed by atoms with van der Waals surface area (Å²) in [5, 5.41) is 1.20. The molecule has 2 aliphatic heterocycles. The summed E-state index contributed by atoms with van der Waals surface area (Å²) in [6, 6.07) is 6.54. The largest absolute Gasteiger partial charge is 0.488 e. The number of cyclic esters (lactones) is 1. The van der Waals surface area contributed by atoms with Crippen molar-refractivity contribution in [1.82, 2.24) is 9.88 Å². The molecule has 4 atom stereocenters. The summed E-state index contributed by atoms with van der Waals surface area (Å²) in [6.07, 6.45) is 1.66. The number of esters is 1. The number of carbonyl (C=O) groups is 2. The summed E-state index contributed by atoms with van der Waals surface area (Å²) in [4.78, 5) is 36.5. The van der Waals surface area contributed by atoms with Crippen molar-refractivity contribution >= 4 is 40.5 Å². The summed E-state index contributed by atoms with van der Waals surface area (Å²) >= 11 is 6.41. The van der Waals surface area contributed by atoms with E-state index >= 15 is 0 Å². The van der Waals surface area contributed by atoms with Crippen molar-refractivity contribution in [3.63, 3.8) is 0 Å². The summed E-state index contributed by atoms with van der Waals surface area (Å²) in [6.45, 7) is 11.7. The Morgan fingerprint density at radius 3 is 2.84 bits per heavy atom. The molecular weight excluding hydrogens is 498 g/mol. The first-order valence-corrected chi connectivity index (χ1v) is 12.8. The van der Waals surface area contributed by atoms with Crippen LogP contribution in [-0.4, -0.2) is 64.3 Å². The maximum absolute atomic E-state index is 13.2. The molecule has 0 N–H and O–H groups in total. The van der Waals surface area contributed by atoms with Gasteiger partial charge in [-0.2, -0.15) is 0 Å². The van der Waals surface area contributed by atoms with Crippen LogP contribution in [0.4, 0.5) is 4.79 Å². The van der Waals surface area contributed by atoms with Crippen molar-refractivity contribution in [2.75, 3.05) is 13.2 Å². The predicted octanol–water partition coefficient (Wildman–Crippen LogP) is 4.94. The maximum atomic E-state index is 13.2. The highest BCUT2D eigenvalue weighted by molar-refractivity contribution is 6.35. The molecule has 0 radical (unpaired) electrons. The Morgan fingerprint density at radius 1 is 1.38 bits per heavy atom. The Balaban J connectivity index is 1.46. The number of nitrogens with zero attached hydrogens (tertiary/aromatic N) is 3. The van der Waals surface area contributed by atoms with Crippen molar-refractivity contribution in [2.45, 2.75) is 63.8 Å². The number of hydrogen-bond donors (Lipinski definition) is 0. The molecule has 2 aromatic rings. The van der Waals surface area contributed by atoms with Crippen molar-refractivity contribution in [3.05, 3.63) is 41.9 Å². The SMILES string of the molecule is C=C[C@H]1C[C@@]12N=C([C@@H]1C[C@@H](Oc3cc(OCC)nc4c(Cl)cccc34)CN1C(=O)OC(C)(C)C)OC2=O. The first-order valence-electron chi connectivity index (χ1n) is 12.4. The Morgan fingerprint density at radius 2 is 2.16 bits per heavy atom. The third kappa shape index (κ3) is 4.72. The van der Waals surface area contributed by atoms with Crippen LogP contribution in [0.5, 0.6) is 11.6 Å². The van der Waals surface area contributed by atoms with Crippen molar-refractivity contribution in [3.8, 4) is 11.6 Å². The van der Waals surface area contributed by atoms with Crippen LogP contribution in [0.2, 0.25) is 5.02 Å². The number of amides is 1. The molecule has 1 spiro atoms. The lowest BCUT2D eigenvalue weighted by atomic mass is 10.1. The Bertz CT molecular complexity index is 1310. The number of para-hydroxylation sites is 1. The zero-order valence-corrected chi connectivity index (χ0v) is 22.1. The molecule has 196 valence electrons. The average molecular weight is 528 g/mol. The van der Waals surface area contributed by atoms with Gasteiger partial charge in [0.2, 0.25) is 11.8 Å². The van der Waals surface area contributed by atoms with Gasteiger partial charge in [-0.25, -0.2) is 19.6 Å². The first-order chi connectivity index (χ1) is 17.5. The number of hydrogen-bond acceptors (Lipinski definition) is 8.